The lowest BCUT2D eigenvalue weighted by Crippen LogP contribution is -2.25. The molecular formula is C23H32N2O2. The van der Waals surface area contributed by atoms with Gasteiger partial charge in [0.1, 0.15) is 11.4 Å². The summed E-state index contributed by atoms with van der Waals surface area (Å²) in [5, 5.41) is 0. The van der Waals surface area contributed by atoms with Crippen molar-refractivity contribution in [2.24, 2.45) is 0 Å². The number of imidazole rings is 1. The van der Waals surface area contributed by atoms with Crippen LogP contribution in [0.25, 0.3) is 6.08 Å². The van der Waals surface area contributed by atoms with Crippen LogP contribution in [-0.4, -0.2) is 21.1 Å². The van der Waals surface area contributed by atoms with Gasteiger partial charge in [-0.2, -0.15) is 0 Å². The average molecular weight is 369 g/mol. The molecule has 0 aliphatic heterocycles. The van der Waals surface area contributed by atoms with Crippen LogP contribution >= 0.6 is 0 Å². The van der Waals surface area contributed by atoms with Gasteiger partial charge in [0.15, 0.2) is 0 Å². The second-order valence-corrected chi connectivity index (χ2v) is 8.85. The minimum absolute atomic E-state index is 0.0980. The van der Waals surface area contributed by atoms with Gasteiger partial charge in [0.25, 0.3) is 0 Å². The van der Waals surface area contributed by atoms with Crippen molar-refractivity contribution in [1.29, 1.82) is 0 Å². The average Bonchev–Trinajstić information content (AvgIpc) is 2.94. The molecule has 0 radical (unpaired) electrons. The van der Waals surface area contributed by atoms with Crippen molar-refractivity contribution < 1.29 is 9.53 Å². The third kappa shape index (κ3) is 5.81. The van der Waals surface area contributed by atoms with E-state index >= 15 is 0 Å². The summed E-state index contributed by atoms with van der Waals surface area (Å²) < 4.78 is 7.75. The van der Waals surface area contributed by atoms with Crippen molar-refractivity contribution in [3.8, 4) is 0 Å². The highest BCUT2D eigenvalue weighted by Gasteiger charge is 2.23. The number of rotatable bonds is 5. The molecule has 1 aromatic carbocycles. The van der Waals surface area contributed by atoms with Crippen molar-refractivity contribution in [3.63, 3.8) is 0 Å². The molecule has 0 amide bonds. The van der Waals surface area contributed by atoms with E-state index in [9.17, 15) is 4.79 Å². The first kappa shape index (κ1) is 20.9. The Hall–Kier alpha value is -2.36. The maximum atomic E-state index is 12.5. The van der Waals surface area contributed by atoms with Gasteiger partial charge >= 0.3 is 5.97 Å². The summed E-state index contributed by atoms with van der Waals surface area (Å²) in [6, 6.07) is 10.3. The fraction of sp³-hybridized carbons (Fsp3) is 0.478. The number of carbonyl (C=O) groups excluding carboxylic acids is 1. The first-order valence-corrected chi connectivity index (χ1v) is 9.55. The maximum Gasteiger partial charge on any atom is 0.334 e. The molecular weight excluding hydrogens is 336 g/mol. The van der Waals surface area contributed by atoms with Crippen molar-refractivity contribution in [2.75, 3.05) is 0 Å². The van der Waals surface area contributed by atoms with Crippen LogP contribution in [0.5, 0.6) is 0 Å². The van der Waals surface area contributed by atoms with E-state index in [2.05, 4.69) is 42.5 Å². The minimum atomic E-state index is -0.508. The van der Waals surface area contributed by atoms with Crippen molar-refractivity contribution >= 4 is 12.0 Å². The summed E-state index contributed by atoms with van der Waals surface area (Å²) in [5.74, 6) is 0.729. The van der Waals surface area contributed by atoms with Crippen LogP contribution in [0.15, 0.2) is 42.1 Å². The Morgan fingerprint density at radius 2 is 1.74 bits per heavy atom. The third-order valence-electron chi connectivity index (χ3n) is 4.10. The summed E-state index contributed by atoms with van der Waals surface area (Å²) in [4.78, 5) is 17.2. The van der Waals surface area contributed by atoms with Crippen LogP contribution in [0, 0.1) is 0 Å². The van der Waals surface area contributed by atoms with Crippen LogP contribution in [0.4, 0.5) is 0 Å². The smallest absolute Gasteiger partial charge is 0.334 e. The van der Waals surface area contributed by atoms with E-state index in [0.29, 0.717) is 18.5 Å². The molecule has 1 aromatic heterocycles. The molecule has 0 saturated heterocycles. The Kier molecular flexibility index (Phi) is 6.30. The van der Waals surface area contributed by atoms with E-state index in [4.69, 9.17) is 4.74 Å². The Labute approximate surface area is 163 Å². The number of ether oxygens (including phenoxy) is 1. The van der Waals surface area contributed by atoms with E-state index in [1.165, 1.54) is 5.56 Å². The second kappa shape index (κ2) is 8.12. The van der Waals surface area contributed by atoms with Crippen LogP contribution in [0.2, 0.25) is 0 Å². The predicted molar refractivity (Wildman–Crippen MR) is 111 cm³/mol. The Balaban J connectivity index is 2.46. The van der Waals surface area contributed by atoms with Crippen LogP contribution < -0.4 is 0 Å². The fourth-order valence-electron chi connectivity index (χ4n) is 2.86. The maximum absolute atomic E-state index is 12.5. The molecule has 0 spiro atoms. The highest BCUT2D eigenvalue weighted by Crippen LogP contribution is 2.25. The van der Waals surface area contributed by atoms with Gasteiger partial charge in [-0.15, -0.1) is 0 Å². The molecule has 2 rings (SSSR count). The normalized spacial score (nSPS) is 12.9. The molecule has 146 valence electrons. The van der Waals surface area contributed by atoms with Crippen molar-refractivity contribution in [1.82, 2.24) is 9.55 Å². The van der Waals surface area contributed by atoms with Gasteiger partial charge in [0.2, 0.25) is 0 Å². The van der Waals surface area contributed by atoms with Gasteiger partial charge in [0.05, 0.1) is 11.9 Å². The summed E-state index contributed by atoms with van der Waals surface area (Å²) in [7, 11) is 0. The van der Waals surface area contributed by atoms with Crippen LogP contribution in [0.1, 0.15) is 72.0 Å². The highest BCUT2D eigenvalue weighted by atomic mass is 16.6. The largest absolute Gasteiger partial charge is 0.457 e. The van der Waals surface area contributed by atoms with Gasteiger partial charge in [-0.05, 0) is 38.8 Å². The molecule has 27 heavy (non-hydrogen) atoms. The molecule has 0 fully saturated rings. The topological polar surface area (TPSA) is 44.1 Å². The zero-order chi connectivity index (χ0) is 20.2. The monoisotopic (exact) mass is 368 g/mol. The van der Waals surface area contributed by atoms with E-state index in [-0.39, 0.29) is 11.4 Å². The van der Waals surface area contributed by atoms with Crippen molar-refractivity contribution in [3.05, 3.63) is 59.2 Å². The first-order valence-electron chi connectivity index (χ1n) is 9.55. The molecule has 0 N–H and O–H groups in total. The number of aromatic nitrogens is 2. The quantitative estimate of drug-likeness (QED) is 0.527. The minimum Gasteiger partial charge on any atom is -0.457 e. The van der Waals surface area contributed by atoms with Gasteiger partial charge in [-0.25, -0.2) is 9.78 Å². The molecule has 1 heterocycles. The predicted octanol–water partition coefficient (Wildman–Crippen LogP) is 5.36. The summed E-state index contributed by atoms with van der Waals surface area (Å²) in [6.45, 7) is 14.8. The number of carbonyl (C=O) groups is 1. The lowest BCUT2D eigenvalue weighted by Gasteiger charge is -2.22. The fourth-order valence-corrected chi connectivity index (χ4v) is 2.86. The number of benzene rings is 1. The van der Waals surface area contributed by atoms with E-state index in [1.807, 2.05) is 58.2 Å². The molecule has 0 atom stereocenters. The number of nitrogens with zero attached hydrogens (tertiary/aromatic N) is 2. The molecule has 0 aliphatic carbocycles. The molecule has 0 bridgehead atoms. The van der Waals surface area contributed by atoms with Gasteiger partial charge in [0, 0.05) is 17.5 Å². The zero-order valence-corrected chi connectivity index (χ0v) is 17.7. The van der Waals surface area contributed by atoms with E-state index in [1.54, 1.807) is 0 Å². The number of hydrogen-bond donors (Lipinski definition) is 0. The van der Waals surface area contributed by atoms with Gasteiger partial charge in [-0.1, -0.05) is 58.0 Å². The Morgan fingerprint density at radius 1 is 1.11 bits per heavy atom. The second-order valence-electron chi connectivity index (χ2n) is 8.85. The SMILES string of the molecule is CC/C(=C\c1cnc(C(C)(C)C)n1Cc1ccccc1)C(=O)OC(C)(C)C. The lowest BCUT2D eigenvalue weighted by molar-refractivity contribution is -0.149. The van der Waals surface area contributed by atoms with Crippen molar-refractivity contribution in [2.45, 2.75) is 72.4 Å². The van der Waals surface area contributed by atoms with Crippen LogP contribution in [0.3, 0.4) is 0 Å². The molecule has 0 unspecified atom stereocenters. The third-order valence-corrected chi connectivity index (χ3v) is 4.10. The Morgan fingerprint density at radius 3 is 2.26 bits per heavy atom. The molecule has 4 nitrogen and oxygen atoms in total. The van der Waals surface area contributed by atoms with Crippen LogP contribution in [-0.2, 0) is 21.5 Å². The van der Waals surface area contributed by atoms with Gasteiger partial charge < -0.3 is 9.30 Å². The molecule has 0 aliphatic rings. The molecule has 4 heteroatoms. The van der Waals surface area contributed by atoms with E-state index in [0.717, 1.165) is 11.5 Å². The molecule has 2 aromatic rings. The summed E-state index contributed by atoms with van der Waals surface area (Å²) in [5.41, 5.74) is 2.17. The Bertz CT molecular complexity index is 803. The standard InChI is InChI=1S/C23H32N2O2/c1-8-18(20(26)27-23(5,6)7)14-19-15-24-21(22(2,3)4)25(19)16-17-12-10-9-11-13-17/h9-15H,8,16H2,1-7H3/b18-14+. The first-order chi connectivity index (χ1) is 12.5. The van der Waals surface area contributed by atoms with E-state index < -0.39 is 5.60 Å². The number of esters is 1. The zero-order valence-electron chi connectivity index (χ0n) is 17.7. The highest BCUT2D eigenvalue weighted by molar-refractivity contribution is 5.93. The van der Waals surface area contributed by atoms with Gasteiger partial charge in [-0.3, -0.25) is 0 Å². The lowest BCUT2D eigenvalue weighted by atomic mass is 9.95. The summed E-state index contributed by atoms with van der Waals surface area (Å²) >= 11 is 0. The summed E-state index contributed by atoms with van der Waals surface area (Å²) in [6.07, 6.45) is 4.37. The number of hydrogen-bond acceptors (Lipinski definition) is 3. The molecule has 0 saturated carbocycles.